The van der Waals surface area contributed by atoms with Gasteiger partial charge in [-0.2, -0.15) is 0 Å². The molecule has 0 aliphatic heterocycles. The second-order valence-electron chi connectivity index (χ2n) is 4.72. The molecule has 2 aromatic rings. The van der Waals surface area contributed by atoms with Crippen LogP contribution in [0, 0.1) is 6.92 Å². The molecule has 4 nitrogen and oxygen atoms in total. The van der Waals surface area contributed by atoms with E-state index in [4.69, 9.17) is 9.15 Å². The third-order valence-electron chi connectivity index (χ3n) is 2.98. The van der Waals surface area contributed by atoms with Gasteiger partial charge in [-0.25, -0.2) is 4.98 Å². The number of nitrogens with zero attached hydrogens (tertiary/aromatic N) is 1. The number of halogens is 2. The maximum Gasteiger partial charge on any atom is 0.211 e. The molecule has 0 fully saturated rings. The molecular formula is C15H18Br2N2O2. The highest BCUT2D eigenvalue weighted by molar-refractivity contribution is 9.11. The zero-order valence-corrected chi connectivity index (χ0v) is 15.4. The van der Waals surface area contributed by atoms with Gasteiger partial charge in [0.1, 0.15) is 11.5 Å². The van der Waals surface area contributed by atoms with E-state index in [9.17, 15) is 0 Å². The SMILES string of the molecule is CCOc1c(Br)cc(Br)cc1CNC(C)c1ncc(C)o1. The van der Waals surface area contributed by atoms with E-state index in [1.54, 1.807) is 6.20 Å². The third-order valence-corrected chi connectivity index (χ3v) is 4.03. The molecule has 1 unspecified atom stereocenters. The van der Waals surface area contributed by atoms with Gasteiger partial charge < -0.3 is 14.5 Å². The molecule has 6 heteroatoms. The number of hydrogen-bond acceptors (Lipinski definition) is 4. The molecule has 0 radical (unpaired) electrons. The van der Waals surface area contributed by atoms with E-state index in [0.29, 0.717) is 19.0 Å². The zero-order valence-electron chi connectivity index (χ0n) is 12.2. The predicted molar refractivity (Wildman–Crippen MR) is 89.5 cm³/mol. The lowest BCUT2D eigenvalue weighted by molar-refractivity contribution is 0.331. The number of aryl methyl sites for hydroxylation is 1. The van der Waals surface area contributed by atoms with E-state index in [0.717, 1.165) is 26.0 Å². The van der Waals surface area contributed by atoms with Crippen molar-refractivity contribution < 1.29 is 9.15 Å². The molecule has 1 aromatic carbocycles. The summed E-state index contributed by atoms with van der Waals surface area (Å²) < 4.78 is 13.2. The minimum atomic E-state index is 0.0333. The Morgan fingerprint density at radius 3 is 2.76 bits per heavy atom. The fourth-order valence-corrected chi connectivity index (χ4v) is 3.40. The van der Waals surface area contributed by atoms with Crippen molar-refractivity contribution in [3.63, 3.8) is 0 Å². The summed E-state index contributed by atoms with van der Waals surface area (Å²) in [5.74, 6) is 2.38. The van der Waals surface area contributed by atoms with E-state index in [2.05, 4.69) is 48.2 Å². The van der Waals surface area contributed by atoms with Gasteiger partial charge in [-0.3, -0.25) is 0 Å². The second-order valence-corrected chi connectivity index (χ2v) is 6.49. The summed E-state index contributed by atoms with van der Waals surface area (Å²) in [6.07, 6.45) is 1.73. The van der Waals surface area contributed by atoms with E-state index in [1.807, 2.05) is 26.8 Å². The number of ether oxygens (including phenoxy) is 1. The first-order valence-corrected chi connectivity index (χ1v) is 8.36. The molecule has 0 bridgehead atoms. The molecule has 0 saturated carbocycles. The minimum Gasteiger partial charge on any atom is -0.492 e. The normalized spacial score (nSPS) is 12.4. The van der Waals surface area contributed by atoms with Gasteiger partial charge in [-0.15, -0.1) is 0 Å². The molecule has 1 atom stereocenters. The monoisotopic (exact) mass is 416 g/mol. The van der Waals surface area contributed by atoms with E-state index in [-0.39, 0.29) is 6.04 Å². The molecule has 0 aliphatic rings. The highest BCUT2D eigenvalue weighted by Gasteiger charge is 2.14. The molecule has 0 spiro atoms. The fourth-order valence-electron chi connectivity index (χ4n) is 1.97. The van der Waals surface area contributed by atoms with Crippen LogP contribution < -0.4 is 10.1 Å². The van der Waals surface area contributed by atoms with Crippen LogP contribution in [0.3, 0.4) is 0 Å². The Morgan fingerprint density at radius 1 is 1.38 bits per heavy atom. The van der Waals surface area contributed by atoms with Crippen molar-refractivity contribution in [2.24, 2.45) is 0 Å². The van der Waals surface area contributed by atoms with E-state index >= 15 is 0 Å². The lowest BCUT2D eigenvalue weighted by Gasteiger charge is -2.15. The number of oxazole rings is 1. The third kappa shape index (κ3) is 4.31. The Kier molecular flexibility index (Phi) is 5.84. The second kappa shape index (κ2) is 7.42. The topological polar surface area (TPSA) is 47.3 Å². The Hall–Kier alpha value is -0.850. The number of hydrogen-bond donors (Lipinski definition) is 1. The van der Waals surface area contributed by atoms with Gasteiger partial charge in [0.2, 0.25) is 5.89 Å². The fraction of sp³-hybridized carbons (Fsp3) is 0.400. The largest absolute Gasteiger partial charge is 0.492 e. The Bertz CT molecular complexity index is 614. The number of nitrogens with one attached hydrogen (secondary N) is 1. The van der Waals surface area contributed by atoms with Crippen molar-refractivity contribution in [3.05, 3.63) is 44.5 Å². The lowest BCUT2D eigenvalue weighted by Crippen LogP contribution is -2.19. The molecule has 1 heterocycles. The summed E-state index contributed by atoms with van der Waals surface area (Å²) in [5.41, 5.74) is 1.08. The van der Waals surface area contributed by atoms with Gasteiger partial charge in [0.05, 0.1) is 23.3 Å². The number of benzene rings is 1. The average Bonchev–Trinajstić information content (AvgIpc) is 2.86. The highest BCUT2D eigenvalue weighted by Crippen LogP contribution is 2.33. The summed E-state index contributed by atoms with van der Waals surface area (Å²) in [4.78, 5) is 4.24. The van der Waals surface area contributed by atoms with Crippen molar-refractivity contribution in [2.75, 3.05) is 6.61 Å². The highest BCUT2D eigenvalue weighted by atomic mass is 79.9. The number of rotatable bonds is 6. The van der Waals surface area contributed by atoms with Crippen LogP contribution in [-0.4, -0.2) is 11.6 Å². The van der Waals surface area contributed by atoms with Crippen LogP contribution in [-0.2, 0) is 6.54 Å². The quantitative estimate of drug-likeness (QED) is 0.736. The van der Waals surface area contributed by atoms with E-state index < -0.39 is 0 Å². The van der Waals surface area contributed by atoms with Crippen molar-refractivity contribution in [1.29, 1.82) is 0 Å². The molecule has 0 amide bonds. The first kappa shape index (κ1) is 16.5. The molecule has 21 heavy (non-hydrogen) atoms. The molecule has 1 aromatic heterocycles. The van der Waals surface area contributed by atoms with Crippen LogP contribution in [0.2, 0.25) is 0 Å². The molecule has 2 rings (SSSR count). The van der Waals surface area contributed by atoms with Gasteiger partial charge in [0.25, 0.3) is 0 Å². The summed E-state index contributed by atoms with van der Waals surface area (Å²) in [7, 11) is 0. The first-order valence-electron chi connectivity index (χ1n) is 6.77. The van der Waals surface area contributed by atoms with Crippen LogP contribution >= 0.6 is 31.9 Å². The molecule has 0 aliphatic carbocycles. The maximum atomic E-state index is 5.72. The standard InChI is InChI=1S/C15H18Br2N2O2/c1-4-20-14-11(5-12(16)6-13(14)17)8-18-10(3)15-19-7-9(2)21-15/h5-7,10,18H,4,8H2,1-3H3. The van der Waals surface area contributed by atoms with Gasteiger partial charge >= 0.3 is 0 Å². The Labute approximate surface area is 141 Å². The molecule has 114 valence electrons. The van der Waals surface area contributed by atoms with Crippen LogP contribution in [0.1, 0.15) is 37.1 Å². The average molecular weight is 418 g/mol. The van der Waals surface area contributed by atoms with Crippen LogP contribution in [0.25, 0.3) is 0 Å². The van der Waals surface area contributed by atoms with Crippen molar-refractivity contribution in [1.82, 2.24) is 10.3 Å². The summed E-state index contributed by atoms with van der Waals surface area (Å²) in [6, 6.07) is 4.07. The van der Waals surface area contributed by atoms with Gasteiger partial charge in [0, 0.05) is 16.6 Å². The maximum absolute atomic E-state index is 5.72. The predicted octanol–water partition coefficient (Wildman–Crippen LogP) is 4.76. The van der Waals surface area contributed by atoms with Crippen LogP contribution in [0.15, 0.2) is 31.7 Å². The summed E-state index contributed by atoms with van der Waals surface area (Å²) in [5, 5.41) is 3.40. The molecular weight excluding hydrogens is 400 g/mol. The Balaban J connectivity index is 2.12. The van der Waals surface area contributed by atoms with Crippen molar-refractivity contribution in [3.8, 4) is 5.75 Å². The van der Waals surface area contributed by atoms with Gasteiger partial charge in [-0.1, -0.05) is 15.9 Å². The molecule has 1 N–H and O–H groups in total. The summed E-state index contributed by atoms with van der Waals surface area (Å²) >= 11 is 7.05. The number of aromatic nitrogens is 1. The first-order chi connectivity index (χ1) is 10.0. The lowest BCUT2D eigenvalue weighted by atomic mass is 10.2. The van der Waals surface area contributed by atoms with Crippen LogP contribution in [0.4, 0.5) is 0 Å². The van der Waals surface area contributed by atoms with Gasteiger partial charge in [0.15, 0.2) is 0 Å². The zero-order chi connectivity index (χ0) is 15.4. The van der Waals surface area contributed by atoms with Gasteiger partial charge in [-0.05, 0) is 48.8 Å². The smallest absolute Gasteiger partial charge is 0.211 e. The molecule has 0 saturated heterocycles. The van der Waals surface area contributed by atoms with Crippen LogP contribution in [0.5, 0.6) is 5.75 Å². The minimum absolute atomic E-state index is 0.0333. The Morgan fingerprint density at radius 2 is 2.14 bits per heavy atom. The van der Waals surface area contributed by atoms with Crippen molar-refractivity contribution >= 4 is 31.9 Å². The van der Waals surface area contributed by atoms with Crippen molar-refractivity contribution in [2.45, 2.75) is 33.4 Å². The summed E-state index contributed by atoms with van der Waals surface area (Å²) in [6.45, 7) is 7.18. The van der Waals surface area contributed by atoms with E-state index in [1.165, 1.54) is 0 Å².